The predicted octanol–water partition coefficient (Wildman–Crippen LogP) is 1.84. The van der Waals surface area contributed by atoms with Crippen LogP contribution in [0.1, 0.15) is 71.1 Å². The highest BCUT2D eigenvalue weighted by atomic mass is 16.6. The van der Waals surface area contributed by atoms with Crippen LogP contribution >= 0.6 is 0 Å². The molecule has 1 aromatic carbocycles. The summed E-state index contributed by atoms with van der Waals surface area (Å²) in [6.45, 7) is 9.14. The van der Waals surface area contributed by atoms with Crippen molar-refractivity contribution in [2.24, 2.45) is 5.92 Å². The van der Waals surface area contributed by atoms with Gasteiger partial charge in [-0.2, -0.15) is 0 Å². The number of ether oxygens (including phenoxy) is 5. The number of likely N-dealkylation sites (N-methyl/N-ethyl adjacent to an activating group) is 1. The summed E-state index contributed by atoms with van der Waals surface area (Å²) in [5.74, 6) is -4.32. The molecule has 12 heteroatoms. The molecule has 1 saturated heterocycles. The van der Waals surface area contributed by atoms with Gasteiger partial charge < -0.3 is 38.8 Å². The van der Waals surface area contributed by atoms with E-state index in [9.17, 15) is 29.4 Å². The maximum absolute atomic E-state index is 13.6. The fraction of sp³-hybridized carbons (Fsp3) is 0.625. The SMILES string of the molecule is CC(=O)O[C@@H](C(=O)O[C@@H](C)C(=O)OC(C)(C)C)[C@@H](C)C(=O)OC1=CC[C@@]2(O)[C@H]3Cc4ccc(CO)c5c4[C@@]2(CCN3C)[C@H]1O5. The summed E-state index contributed by atoms with van der Waals surface area (Å²) in [6.07, 6.45) is -0.964. The van der Waals surface area contributed by atoms with Crippen molar-refractivity contribution >= 4 is 23.9 Å². The zero-order valence-electron chi connectivity index (χ0n) is 26.2. The number of aliphatic hydroxyl groups excluding tert-OH is 1. The van der Waals surface area contributed by atoms with E-state index in [4.69, 9.17) is 23.7 Å². The van der Waals surface area contributed by atoms with E-state index in [0.717, 1.165) is 18.1 Å². The number of hydrogen-bond acceptors (Lipinski definition) is 12. The molecule has 0 saturated carbocycles. The Kier molecular flexibility index (Phi) is 8.09. The Labute approximate surface area is 256 Å². The maximum atomic E-state index is 13.6. The molecule has 0 radical (unpaired) electrons. The van der Waals surface area contributed by atoms with E-state index in [0.29, 0.717) is 30.7 Å². The van der Waals surface area contributed by atoms with E-state index in [-0.39, 0.29) is 24.8 Å². The normalized spacial score (nSPS) is 28.8. The second kappa shape index (κ2) is 11.1. The Balaban J connectivity index is 1.41. The van der Waals surface area contributed by atoms with Gasteiger partial charge in [0.25, 0.3) is 0 Å². The Bertz CT molecular complexity index is 1410. The smallest absolute Gasteiger partial charge is 0.349 e. The first kappa shape index (κ1) is 31.9. The van der Waals surface area contributed by atoms with Gasteiger partial charge in [0, 0.05) is 30.5 Å². The second-order valence-electron chi connectivity index (χ2n) is 13.3. The summed E-state index contributed by atoms with van der Waals surface area (Å²) in [6, 6.07) is 3.57. The van der Waals surface area contributed by atoms with Crippen LogP contribution in [0.2, 0.25) is 0 Å². The van der Waals surface area contributed by atoms with E-state index in [2.05, 4.69) is 4.90 Å². The molecule has 0 aromatic heterocycles. The molecule has 1 aromatic rings. The van der Waals surface area contributed by atoms with Crippen LogP contribution in [0.5, 0.6) is 5.75 Å². The zero-order chi connectivity index (χ0) is 32.4. The summed E-state index contributed by atoms with van der Waals surface area (Å²) >= 11 is 0. The van der Waals surface area contributed by atoms with Crippen LogP contribution in [-0.4, -0.2) is 88.1 Å². The van der Waals surface area contributed by atoms with E-state index >= 15 is 0 Å². The Morgan fingerprint density at radius 1 is 1.11 bits per heavy atom. The van der Waals surface area contributed by atoms with Crippen LogP contribution in [0.4, 0.5) is 0 Å². The van der Waals surface area contributed by atoms with E-state index in [1.54, 1.807) is 26.8 Å². The first-order valence-electron chi connectivity index (χ1n) is 14.9. The fourth-order valence-corrected chi connectivity index (χ4v) is 7.17. The number of likely N-dealkylation sites (tertiary alicyclic amines) is 1. The molecular weight excluding hydrogens is 574 g/mol. The van der Waals surface area contributed by atoms with Gasteiger partial charge in [0.2, 0.25) is 6.10 Å². The van der Waals surface area contributed by atoms with Crippen molar-refractivity contribution in [1.29, 1.82) is 0 Å². The van der Waals surface area contributed by atoms with Crippen LogP contribution in [0.25, 0.3) is 0 Å². The third kappa shape index (κ3) is 5.06. The first-order valence-corrected chi connectivity index (χ1v) is 14.9. The molecule has 2 N–H and O–H groups in total. The Morgan fingerprint density at radius 3 is 2.45 bits per heavy atom. The molecule has 0 unspecified atom stereocenters. The molecule has 4 aliphatic rings. The molecule has 0 amide bonds. The quantitative estimate of drug-likeness (QED) is 0.323. The number of rotatable bonds is 8. The van der Waals surface area contributed by atoms with Crippen molar-refractivity contribution in [2.45, 2.75) is 108 Å². The minimum atomic E-state index is -1.71. The minimum Gasteiger partial charge on any atom is -0.481 e. The van der Waals surface area contributed by atoms with Gasteiger partial charge in [0.1, 0.15) is 23.0 Å². The second-order valence-corrected chi connectivity index (χ2v) is 13.3. The van der Waals surface area contributed by atoms with Gasteiger partial charge in [-0.05, 0) is 72.7 Å². The standard InChI is InChI=1S/C32H41NO11/c1-16(24(41-18(3)35)29(38)40-17(2)28(37)44-30(4,5)6)27(36)42-21-10-11-32(39)22-14-19-8-9-20(15-34)25-23(19)31(32,26(21)43-25)12-13-33(22)7/h8-10,16-17,22,24,26,34,39H,11-15H2,1-7H3/t16-,17+,22-,24-,26+,31+,32-/m1/s1. The molecule has 12 nitrogen and oxygen atoms in total. The lowest BCUT2D eigenvalue weighted by Crippen LogP contribution is -2.74. The number of esters is 4. The van der Waals surface area contributed by atoms with Crippen LogP contribution in [0, 0.1) is 5.92 Å². The monoisotopic (exact) mass is 615 g/mol. The van der Waals surface area contributed by atoms with Crippen LogP contribution < -0.4 is 4.74 Å². The molecule has 1 fully saturated rings. The van der Waals surface area contributed by atoms with Crippen LogP contribution in [0.15, 0.2) is 24.0 Å². The van der Waals surface area contributed by atoms with E-state index in [1.807, 2.05) is 19.2 Å². The topological polar surface area (TPSA) is 158 Å². The van der Waals surface area contributed by atoms with Crippen molar-refractivity contribution in [2.75, 3.05) is 13.6 Å². The van der Waals surface area contributed by atoms with Crippen molar-refractivity contribution in [3.63, 3.8) is 0 Å². The van der Waals surface area contributed by atoms with E-state index in [1.165, 1.54) is 13.8 Å². The third-order valence-electron chi connectivity index (χ3n) is 9.23. The van der Waals surface area contributed by atoms with Gasteiger partial charge in [-0.25, -0.2) is 9.59 Å². The summed E-state index contributed by atoms with van der Waals surface area (Å²) in [4.78, 5) is 53.1. The lowest BCUT2D eigenvalue weighted by molar-refractivity contribution is -0.186. The highest BCUT2D eigenvalue weighted by Crippen LogP contribution is 2.64. The number of carbonyl (C=O) groups excluding carboxylic acids is 4. The molecule has 44 heavy (non-hydrogen) atoms. The van der Waals surface area contributed by atoms with Crippen molar-refractivity contribution in [1.82, 2.24) is 4.90 Å². The number of benzene rings is 1. The van der Waals surface area contributed by atoms with Gasteiger partial charge in [-0.3, -0.25) is 9.59 Å². The average molecular weight is 616 g/mol. The Hall–Kier alpha value is -3.48. The van der Waals surface area contributed by atoms with Gasteiger partial charge >= 0.3 is 23.9 Å². The molecule has 2 aliphatic heterocycles. The van der Waals surface area contributed by atoms with Gasteiger partial charge in [0.05, 0.1) is 17.6 Å². The van der Waals surface area contributed by atoms with Crippen molar-refractivity contribution in [3.8, 4) is 5.75 Å². The summed E-state index contributed by atoms with van der Waals surface area (Å²) in [5, 5.41) is 22.4. The number of nitrogens with zero attached hydrogens (tertiary/aromatic N) is 1. The number of carbonyl (C=O) groups is 4. The lowest BCUT2D eigenvalue weighted by Gasteiger charge is -2.61. The largest absolute Gasteiger partial charge is 0.481 e. The van der Waals surface area contributed by atoms with Crippen LogP contribution in [-0.2, 0) is 56.6 Å². The van der Waals surface area contributed by atoms with Crippen molar-refractivity contribution in [3.05, 3.63) is 40.7 Å². The maximum Gasteiger partial charge on any atom is 0.349 e. The number of piperidine rings is 1. The van der Waals surface area contributed by atoms with Crippen molar-refractivity contribution < 1.29 is 53.1 Å². The van der Waals surface area contributed by atoms with Gasteiger partial charge in [-0.1, -0.05) is 12.1 Å². The average Bonchev–Trinajstić information content (AvgIpc) is 3.29. The molecule has 2 bridgehead atoms. The van der Waals surface area contributed by atoms with Crippen LogP contribution in [0.3, 0.4) is 0 Å². The lowest BCUT2D eigenvalue weighted by atomic mass is 9.50. The minimum absolute atomic E-state index is 0.167. The highest BCUT2D eigenvalue weighted by molar-refractivity contribution is 5.88. The summed E-state index contributed by atoms with van der Waals surface area (Å²) in [7, 11) is 1.98. The number of aliphatic hydroxyl groups is 2. The predicted molar refractivity (Wildman–Crippen MR) is 153 cm³/mol. The summed E-state index contributed by atoms with van der Waals surface area (Å²) < 4.78 is 28.0. The molecule has 240 valence electrons. The fourth-order valence-electron chi connectivity index (χ4n) is 7.17. The molecular formula is C32H41NO11. The zero-order valence-corrected chi connectivity index (χ0v) is 26.2. The highest BCUT2D eigenvalue weighted by Gasteiger charge is 2.72. The van der Waals surface area contributed by atoms with Gasteiger partial charge in [-0.15, -0.1) is 0 Å². The molecule has 2 heterocycles. The Morgan fingerprint density at radius 2 is 1.82 bits per heavy atom. The first-order chi connectivity index (χ1) is 20.5. The van der Waals surface area contributed by atoms with E-state index < -0.39 is 64.7 Å². The summed E-state index contributed by atoms with van der Waals surface area (Å²) in [5.41, 5.74) is -0.547. The molecule has 5 rings (SSSR count). The molecule has 7 atom stereocenters. The molecule has 1 spiro atoms. The number of hydrogen-bond donors (Lipinski definition) is 2. The molecule has 2 aliphatic carbocycles. The van der Waals surface area contributed by atoms with Gasteiger partial charge in [0.15, 0.2) is 12.2 Å². The third-order valence-corrected chi connectivity index (χ3v) is 9.23.